The van der Waals surface area contributed by atoms with E-state index >= 15 is 0 Å². The lowest BCUT2D eigenvalue weighted by Gasteiger charge is -2.31. The molecule has 0 unspecified atom stereocenters. The Hall–Kier alpha value is -2.97. The van der Waals surface area contributed by atoms with Gasteiger partial charge in [-0.15, -0.1) is 0 Å². The van der Waals surface area contributed by atoms with Crippen molar-refractivity contribution >= 4 is 29.0 Å². The number of rotatable bonds is 7. The highest BCUT2D eigenvalue weighted by Crippen LogP contribution is 2.35. The molecule has 5 rings (SSSR count). The summed E-state index contributed by atoms with van der Waals surface area (Å²) in [6, 6.07) is 14.0. The number of hydrogen-bond acceptors (Lipinski definition) is 5. The van der Waals surface area contributed by atoms with Gasteiger partial charge in [0, 0.05) is 42.1 Å². The Morgan fingerprint density at radius 2 is 1.79 bits per heavy atom. The normalized spacial score (nSPS) is 17.6. The predicted molar refractivity (Wildman–Crippen MR) is 135 cm³/mol. The molecule has 1 aromatic carbocycles. The number of para-hydroxylation sites is 1. The van der Waals surface area contributed by atoms with E-state index in [1.54, 1.807) is 0 Å². The van der Waals surface area contributed by atoms with Gasteiger partial charge < -0.3 is 10.6 Å². The molecule has 0 atom stereocenters. The van der Waals surface area contributed by atoms with Gasteiger partial charge in [-0.3, -0.25) is 14.5 Å². The van der Waals surface area contributed by atoms with Crippen LogP contribution in [0.15, 0.2) is 53.2 Å². The van der Waals surface area contributed by atoms with Crippen LogP contribution in [0.4, 0.5) is 5.82 Å². The van der Waals surface area contributed by atoms with Crippen molar-refractivity contribution in [3.8, 4) is 5.69 Å². The molecule has 1 saturated heterocycles. The largest absolute Gasteiger partial charge is 0.349 e. The molecule has 8 heteroatoms. The average molecular weight is 478 g/mol. The molecular formula is C26H31N5O2S. The van der Waals surface area contributed by atoms with Gasteiger partial charge in [-0.25, -0.2) is 4.68 Å². The number of hydrogen-bond donors (Lipinski definition) is 2. The van der Waals surface area contributed by atoms with Gasteiger partial charge in [-0.05, 0) is 49.3 Å². The van der Waals surface area contributed by atoms with Gasteiger partial charge in [0.2, 0.25) is 5.91 Å². The molecule has 34 heavy (non-hydrogen) atoms. The van der Waals surface area contributed by atoms with Crippen molar-refractivity contribution in [1.29, 1.82) is 0 Å². The van der Waals surface area contributed by atoms with Crippen LogP contribution >= 0.6 is 11.3 Å². The Balaban J connectivity index is 1.18. The molecule has 178 valence electrons. The number of amides is 2. The first-order valence-electron chi connectivity index (χ1n) is 12.2. The van der Waals surface area contributed by atoms with Crippen LogP contribution in [0.1, 0.15) is 60.5 Å². The van der Waals surface area contributed by atoms with Crippen LogP contribution in [0.25, 0.3) is 5.69 Å². The maximum Gasteiger partial charge on any atom is 0.252 e. The Morgan fingerprint density at radius 3 is 2.50 bits per heavy atom. The van der Waals surface area contributed by atoms with E-state index in [0.29, 0.717) is 12.5 Å². The summed E-state index contributed by atoms with van der Waals surface area (Å²) in [5.41, 5.74) is 2.74. The number of benzene rings is 1. The molecule has 1 aliphatic carbocycles. The van der Waals surface area contributed by atoms with Crippen LogP contribution < -0.4 is 10.6 Å². The van der Waals surface area contributed by atoms with Gasteiger partial charge in [-0.1, -0.05) is 31.0 Å². The minimum absolute atomic E-state index is 0.00955. The fraction of sp³-hybridized carbons (Fsp3) is 0.423. The zero-order chi connectivity index (χ0) is 23.3. The van der Waals surface area contributed by atoms with Gasteiger partial charge in [0.15, 0.2) is 0 Å². The number of piperidine rings is 1. The van der Waals surface area contributed by atoms with Crippen LogP contribution in [0.3, 0.4) is 0 Å². The van der Waals surface area contributed by atoms with Crippen LogP contribution in [0.2, 0.25) is 0 Å². The molecule has 2 N–H and O–H groups in total. The van der Waals surface area contributed by atoms with E-state index in [4.69, 9.17) is 5.10 Å². The van der Waals surface area contributed by atoms with Crippen molar-refractivity contribution in [2.24, 2.45) is 0 Å². The number of aromatic nitrogens is 2. The molecule has 7 nitrogen and oxygen atoms in total. The quantitative estimate of drug-likeness (QED) is 0.528. The number of carbonyl (C=O) groups excluding carboxylic acids is 2. The number of thiophene rings is 1. The zero-order valence-electron chi connectivity index (χ0n) is 19.3. The first kappa shape index (κ1) is 22.8. The average Bonchev–Trinajstić information content (AvgIpc) is 3.62. The molecule has 2 aromatic heterocycles. The number of anilines is 1. The van der Waals surface area contributed by atoms with E-state index in [1.807, 2.05) is 57.9 Å². The topological polar surface area (TPSA) is 79.3 Å². The van der Waals surface area contributed by atoms with Crippen molar-refractivity contribution in [3.63, 3.8) is 0 Å². The highest BCUT2D eigenvalue weighted by atomic mass is 32.1. The van der Waals surface area contributed by atoms with Crippen molar-refractivity contribution < 1.29 is 9.59 Å². The minimum atomic E-state index is -0.0317. The molecular weight excluding hydrogens is 446 g/mol. The second-order valence-corrected chi connectivity index (χ2v) is 10.0. The molecule has 1 aliphatic heterocycles. The van der Waals surface area contributed by atoms with E-state index in [9.17, 15) is 9.59 Å². The molecule has 2 fully saturated rings. The van der Waals surface area contributed by atoms with Crippen LogP contribution in [0.5, 0.6) is 0 Å². The standard InChI is InChI=1S/C26H31N5O2S/c32-25(17-30-13-10-21(11-14-30)27-26(33)20-12-15-34-18-20)28-24-16-23(19-6-4-5-7-19)29-31(24)22-8-2-1-3-9-22/h1-3,8-9,12,15-16,18-19,21H,4-7,10-11,13-14,17H2,(H,27,33)(H,28,32). The van der Waals surface area contributed by atoms with Gasteiger partial charge in [0.05, 0.1) is 17.9 Å². The summed E-state index contributed by atoms with van der Waals surface area (Å²) in [5.74, 6) is 1.17. The van der Waals surface area contributed by atoms with Crippen LogP contribution in [0, 0.1) is 0 Å². The molecule has 1 saturated carbocycles. The summed E-state index contributed by atoms with van der Waals surface area (Å²) < 4.78 is 1.86. The third-order valence-electron chi connectivity index (χ3n) is 6.84. The summed E-state index contributed by atoms with van der Waals surface area (Å²) in [6.07, 6.45) is 6.50. The Labute approximate surface area is 204 Å². The highest BCUT2D eigenvalue weighted by Gasteiger charge is 2.25. The van der Waals surface area contributed by atoms with E-state index in [1.165, 1.54) is 24.2 Å². The molecule has 2 amide bonds. The summed E-state index contributed by atoms with van der Waals surface area (Å²) in [7, 11) is 0. The van der Waals surface area contributed by atoms with E-state index in [0.717, 1.165) is 61.5 Å². The zero-order valence-corrected chi connectivity index (χ0v) is 20.1. The Kier molecular flexibility index (Phi) is 7.06. The molecule has 3 heterocycles. The summed E-state index contributed by atoms with van der Waals surface area (Å²) >= 11 is 1.53. The van der Waals surface area contributed by atoms with E-state index < -0.39 is 0 Å². The molecule has 3 aromatic rings. The monoisotopic (exact) mass is 477 g/mol. The lowest BCUT2D eigenvalue weighted by molar-refractivity contribution is -0.117. The third-order valence-corrected chi connectivity index (χ3v) is 7.53. The fourth-order valence-corrected chi connectivity index (χ4v) is 5.59. The molecule has 0 bridgehead atoms. The summed E-state index contributed by atoms with van der Waals surface area (Å²) in [4.78, 5) is 27.4. The maximum atomic E-state index is 12.9. The number of nitrogens with one attached hydrogen (secondary N) is 2. The third kappa shape index (κ3) is 5.39. The Morgan fingerprint density at radius 1 is 1.03 bits per heavy atom. The summed E-state index contributed by atoms with van der Waals surface area (Å²) in [5, 5.41) is 14.9. The van der Waals surface area contributed by atoms with Gasteiger partial charge in [-0.2, -0.15) is 16.4 Å². The maximum absolute atomic E-state index is 12.9. The second-order valence-electron chi connectivity index (χ2n) is 9.27. The smallest absolute Gasteiger partial charge is 0.252 e. The van der Waals surface area contributed by atoms with Crippen LogP contribution in [-0.2, 0) is 4.79 Å². The molecule has 2 aliphatic rings. The van der Waals surface area contributed by atoms with Gasteiger partial charge in [0.1, 0.15) is 5.82 Å². The fourth-order valence-electron chi connectivity index (χ4n) is 4.96. The van der Waals surface area contributed by atoms with Crippen molar-refractivity contribution in [2.75, 3.05) is 25.0 Å². The number of carbonyl (C=O) groups is 2. The summed E-state index contributed by atoms with van der Waals surface area (Å²) in [6.45, 7) is 1.91. The molecule has 0 radical (unpaired) electrons. The number of nitrogens with zero attached hydrogens (tertiary/aromatic N) is 3. The van der Waals surface area contributed by atoms with E-state index in [2.05, 4.69) is 15.5 Å². The van der Waals surface area contributed by atoms with Gasteiger partial charge >= 0.3 is 0 Å². The van der Waals surface area contributed by atoms with Crippen molar-refractivity contribution in [1.82, 2.24) is 20.0 Å². The van der Waals surface area contributed by atoms with Crippen molar-refractivity contribution in [2.45, 2.75) is 50.5 Å². The van der Waals surface area contributed by atoms with E-state index in [-0.39, 0.29) is 17.9 Å². The van der Waals surface area contributed by atoms with Gasteiger partial charge in [0.25, 0.3) is 5.91 Å². The highest BCUT2D eigenvalue weighted by molar-refractivity contribution is 7.08. The van der Waals surface area contributed by atoms with Crippen molar-refractivity contribution in [3.05, 3.63) is 64.5 Å². The predicted octanol–water partition coefficient (Wildman–Crippen LogP) is 4.42. The Bertz CT molecular complexity index is 1100. The first-order valence-corrected chi connectivity index (χ1v) is 13.1. The first-order chi connectivity index (χ1) is 16.7. The second kappa shape index (κ2) is 10.5. The molecule has 0 spiro atoms. The SMILES string of the molecule is O=C(CN1CCC(NC(=O)c2ccsc2)CC1)Nc1cc(C2CCCC2)nn1-c1ccccc1. The number of likely N-dealkylation sites (tertiary alicyclic amines) is 1. The van der Waals surface area contributed by atoms with Crippen LogP contribution in [-0.4, -0.2) is 52.2 Å². The minimum Gasteiger partial charge on any atom is -0.349 e. The lowest BCUT2D eigenvalue weighted by Crippen LogP contribution is -2.46. The lowest BCUT2D eigenvalue weighted by atomic mass is 10.0.